The van der Waals surface area contributed by atoms with Crippen molar-refractivity contribution in [3.05, 3.63) is 36.4 Å². The first-order valence-corrected chi connectivity index (χ1v) is 6.44. The molecule has 83 valence electrons. The van der Waals surface area contributed by atoms with E-state index in [0.717, 1.165) is 18.8 Å². The average Bonchev–Trinajstić information content (AvgIpc) is 2.26. The first kappa shape index (κ1) is 12.6. The van der Waals surface area contributed by atoms with Gasteiger partial charge in [0.05, 0.1) is 6.61 Å². The highest BCUT2D eigenvalue weighted by atomic mass is 32.2. The van der Waals surface area contributed by atoms with Crippen molar-refractivity contribution in [2.45, 2.75) is 31.6 Å². The van der Waals surface area contributed by atoms with Crippen LogP contribution in [0.2, 0.25) is 0 Å². The molecular weight excluding hydrogens is 204 g/mol. The molecule has 0 N–H and O–H groups in total. The van der Waals surface area contributed by atoms with Gasteiger partial charge in [0.25, 0.3) is 0 Å². The highest BCUT2D eigenvalue weighted by Crippen LogP contribution is 2.18. The zero-order valence-electron chi connectivity index (χ0n) is 9.53. The van der Waals surface area contributed by atoms with E-state index in [4.69, 9.17) is 4.74 Å². The summed E-state index contributed by atoms with van der Waals surface area (Å²) in [5, 5.41) is 0. The Morgan fingerprint density at radius 2 is 2.00 bits per heavy atom. The molecule has 1 nitrogen and oxygen atoms in total. The smallest absolute Gasteiger partial charge is 0.0938 e. The van der Waals surface area contributed by atoms with Crippen molar-refractivity contribution < 1.29 is 4.74 Å². The van der Waals surface area contributed by atoms with Crippen molar-refractivity contribution in [2.75, 3.05) is 12.4 Å². The topological polar surface area (TPSA) is 9.23 Å². The van der Waals surface area contributed by atoms with Crippen LogP contribution in [0.1, 0.15) is 25.3 Å². The molecule has 0 saturated heterocycles. The molecule has 1 radical (unpaired) electrons. The molecule has 0 unspecified atom stereocenters. The number of hydrogen-bond donors (Lipinski definition) is 0. The number of aryl methyl sites for hydroxylation is 1. The normalized spacial score (nSPS) is 10.5. The molecule has 0 amide bonds. The molecule has 0 atom stereocenters. The first-order valence-electron chi connectivity index (χ1n) is 5.45. The summed E-state index contributed by atoms with van der Waals surface area (Å²) < 4.78 is 5.37. The van der Waals surface area contributed by atoms with E-state index in [1.807, 2.05) is 6.61 Å². The molecule has 0 saturated carbocycles. The molecule has 0 aromatic heterocycles. The fraction of sp³-hybridized carbons (Fsp3) is 0.462. The summed E-state index contributed by atoms with van der Waals surface area (Å²) >= 11 is 1.81. The van der Waals surface area contributed by atoms with E-state index in [1.54, 1.807) is 11.8 Å². The molecule has 1 aromatic rings. The van der Waals surface area contributed by atoms with Crippen LogP contribution in [0.15, 0.2) is 29.2 Å². The van der Waals surface area contributed by atoms with Gasteiger partial charge >= 0.3 is 0 Å². The third-order valence-corrected chi connectivity index (χ3v) is 2.98. The molecule has 0 spiro atoms. The van der Waals surface area contributed by atoms with Crippen LogP contribution in [0.3, 0.4) is 0 Å². The number of rotatable bonds is 7. The maximum atomic E-state index is 5.37. The Kier molecular flexibility index (Phi) is 6.53. The monoisotopic (exact) mass is 223 g/mol. The lowest BCUT2D eigenvalue weighted by molar-refractivity contribution is 0.201. The van der Waals surface area contributed by atoms with Gasteiger partial charge in [0, 0.05) is 17.3 Å². The molecule has 0 aliphatic carbocycles. The maximum absolute atomic E-state index is 5.37. The minimum absolute atomic E-state index is 0.852. The largest absolute Gasteiger partial charge is 0.375 e. The van der Waals surface area contributed by atoms with Gasteiger partial charge in [-0.2, -0.15) is 0 Å². The van der Waals surface area contributed by atoms with Crippen molar-refractivity contribution in [3.8, 4) is 0 Å². The Bertz CT molecular complexity index is 256. The van der Waals surface area contributed by atoms with Crippen molar-refractivity contribution in [2.24, 2.45) is 0 Å². The van der Waals surface area contributed by atoms with Crippen LogP contribution >= 0.6 is 11.8 Å². The summed E-state index contributed by atoms with van der Waals surface area (Å²) in [5.41, 5.74) is 1.31. The minimum atomic E-state index is 0.852. The fourth-order valence-corrected chi connectivity index (χ4v) is 1.81. The van der Waals surface area contributed by atoms with Gasteiger partial charge in [0.2, 0.25) is 0 Å². The quantitative estimate of drug-likeness (QED) is 0.509. The molecule has 0 aliphatic rings. The van der Waals surface area contributed by atoms with E-state index in [2.05, 4.69) is 38.1 Å². The van der Waals surface area contributed by atoms with Crippen LogP contribution in [0.4, 0.5) is 0 Å². The summed E-state index contributed by atoms with van der Waals surface area (Å²) in [6.07, 6.45) is 2.34. The van der Waals surface area contributed by atoms with Crippen LogP contribution in [-0.2, 0) is 4.74 Å². The number of unbranched alkanes of at least 4 members (excludes halogenated alkanes) is 1. The van der Waals surface area contributed by atoms with Gasteiger partial charge in [-0.3, -0.25) is 0 Å². The predicted octanol–water partition coefficient (Wildman–Crippen LogP) is 4.07. The average molecular weight is 223 g/mol. The maximum Gasteiger partial charge on any atom is 0.0938 e. The Labute approximate surface area is 97.2 Å². The molecule has 0 bridgehead atoms. The van der Waals surface area contributed by atoms with Crippen LogP contribution in [0.5, 0.6) is 0 Å². The molecule has 0 heterocycles. The van der Waals surface area contributed by atoms with Crippen LogP contribution in [0, 0.1) is 13.5 Å². The van der Waals surface area contributed by atoms with Crippen molar-refractivity contribution in [1.29, 1.82) is 0 Å². The van der Waals surface area contributed by atoms with Gasteiger partial charge in [-0.15, -0.1) is 11.8 Å². The standard InChI is InChI=1S/C13H19OS/c1-3-4-9-14-10-11-15-13-7-5-12(2)6-8-13/h5-8,10H,3-4,9,11H2,1-2H3. The third-order valence-electron chi connectivity index (χ3n) is 2.07. The number of benzene rings is 1. The Morgan fingerprint density at radius 1 is 1.27 bits per heavy atom. The molecule has 15 heavy (non-hydrogen) atoms. The predicted molar refractivity (Wildman–Crippen MR) is 67.1 cm³/mol. The van der Waals surface area contributed by atoms with Crippen LogP contribution in [0.25, 0.3) is 0 Å². The SMILES string of the molecule is CCCCO[CH]CSc1ccc(C)cc1. The van der Waals surface area contributed by atoms with E-state index in [1.165, 1.54) is 16.9 Å². The van der Waals surface area contributed by atoms with Crippen molar-refractivity contribution in [3.63, 3.8) is 0 Å². The second kappa shape index (κ2) is 7.77. The van der Waals surface area contributed by atoms with Gasteiger partial charge < -0.3 is 4.74 Å². The number of thioether (sulfide) groups is 1. The highest BCUT2D eigenvalue weighted by Gasteiger charge is 1.94. The van der Waals surface area contributed by atoms with E-state index < -0.39 is 0 Å². The molecule has 0 fully saturated rings. The highest BCUT2D eigenvalue weighted by molar-refractivity contribution is 7.99. The summed E-state index contributed by atoms with van der Waals surface area (Å²) in [6, 6.07) is 8.58. The van der Waals surface area contributed by atoms with E-state index >= 15 is 0 Å². The second-order valence-corrected chi connectivity index (χ2v) is 4.61. The van der Waals surface area contributed by atoms with Gasteiger partial charge in [-0.1, -0.05) is 31.0 Å². The zero-order valence-corrected chi connectivity index (χ0v) is 10.3. The van der Waals surface area contributed by atoms with Crippen molar-refractivity contribution >= 4 is 11.8 Å². The summed E-state index contributed by atoms with van der Waals surface area (Å²) in [7, 11) is 0. The van der Waals surface area contributed by atoms with E-state index in [0.29, 0.717) is 0 Å². The molecule has 1 rings (SSSR count). The minimum Gasteiger partial charge on any atom is -0.375 e. The lowest BCUT2D eigenvalue weighted by Gasteiger charge is -2.03. The van der Waals surface area contributed by atoms with Crippen molar-refractivity contribution in [1.82, 2.24) is 0 Å². The number of hydrogen-bond acceptors (Lipinski definition) is 2. The Hall–Kier alpha value is -0.470. The van der Waals surface area contributed by atoms with Crippen LogP contribution < -0.4 is 0 Å². The number of ether oxygens (including phenoxy) is 1. The van der Waals surface area contributed by atoms with Crippen LogP contribution in [-0.4, -0.2) is 12.4 Å². The Morgan fingerprint density at radius 3 is 2.67 bits per heavy atom. The van der Waals surface area contributed by atoms with Gasteiger partial charge in [0.15, 0.2) is 0 Å². The molecular formula is C13H19OS. The third kappa shape index (κ3) is 5.85. The fourth-order valence-electron chi connectivity index (χ4n) is 1.12. The zero-order chi connectivity index (χ0) is 10.9. The lowest BCUT2D eigenvalue weighted by Crippen LogP contribution is -1.92. The van der Waals surface area contributed by atoms with E-state index in [9.17, 15) is 0 Å². The lowest BCUT2D eigenvalue weighted by atomic mass is 10.2. The molecule has 0 aliphatic heterocycles. The Balaban J connectivity index is 2.07. The van der Waals surface area contributed by atoms with E-state index in [-0.39, 0.29) is 0 Å². The summed E-state index contributed by atoms with van der Waals surface area (Å²) in [4.78, 5) is 1.30. The first-order chi connectivity index (χ1) is 7.33. The molecule has 2 heteroatoms. The van der Waals surface area contributed by atoms with Gasteiger partial charge in [-0.05, 0) is 25.5 Å². The van der Waals surface area contributed by atoms with Gasteiger partial charge in [-0.25, -0.2) is 0 Å². The second-order valence-electron chi connectivity index (χ2n) is 3.52. The summed E-state index contributed by atoms with van der Waals surface area (Å²) in [5.74, 6) is 0.923. The van der Waals surface area contributed by atoms with Gasteiger partial charge in [0.1, 0.15) is 0 Å². The summed E-state index contributed by atoms with van der Waals surface area (Å²) in [6.45, 7) is 7.03. The molecule has 1 aromatic carbocycles.